The summed E-state index contributed by atoms with van der Waals surface area (Å²) < 4.78 is 0. The minimum absolute atomic E-state index is 0.624. The molecule has 1 atom stereocenters. The molecule has 0 spiro atoms. The van der Waals surface area contributed by atoms with Gasteiger partial charge in [-0.1, -0.05) is 31.9 Å². The Morgan fingerprint density at radius 2 is 2.21 bits per heavy atom. The largest absolute Gasteiger partial charge is 0.374 e. The number of unbranched alkanes of at least 4 members (excludes halogenated alkanes) is 1. The average molecular weight is 260 g/mol. The molecule has 106 valence electrons. The van der Waals surface area contributed by atoms with Crippen molar-refractivity contribution in [3.63, 3.8) is 0 Å². The smallest absolute Gasteiger partial charge is 0.0396 e. The summed E-state index contributed by atoms with van der Waals surface area (Å²) in [6.45, 7) is 6.75. The Morgan fingerprint density at radius 3 is 3.00 bits per heavy atom. The third-order valence-corrected chi connectivity index (χ3v) is 4.14. The van der Waals surface area contributed by atoms with Crippen LogP contribution in [0.4, 0.5) is 5.69 Å². The van der Waals surface area contributed by atoms with Crippen LogP contribution in [0.2, 0.25) is 0 Å². The van der Waals surface area contributed by atoms with E-state index in [1.807, 2.05) is 0 Å². The van der Waals surface area contributed by atoms with Gasteiger partial charge in [-0.3, -0.25) is 0 Å². The fraction of sp³-hybridized carbons (Fsp3) is 0.647. The van der Waals surface area contributed by atoms with Crippen molar-refractivity contribution in [3.05, 3.63) is 29.3 Å². The number of aryl methyl sites for hydroxylation is 1. The van der Waals surface area contributed by atoms with E-state index in [0.29, 0.717) is 6.04 Å². The third-order valence-electron chi connectivity index (χ3n) is 4.14. The molecule has 0 aliphatic carbocycles. The second-order valence-corrected chi connectivity index (χ2v) is 5.91. The van der Waals surface area contributed by atoms with Gasteiger partial charge in [0.2, 0.25) is 0 Å². The molecule has 0 amide bonds. The summed E-state index contributed by atoms with van der Waals surface area (Å²) in [4.78, 5) is 2.37. The summed E-state index contributed by atoms with van der Waals surface area (Å²) in [5.74, 6) is 0. The number of benzene rings is 1. The molecular formula is C17H28N2. The Morgan fingerprint density at radius 1 is 1.37 bits per heavy atom. The highest BCUT2D eigenvalue weighted by molar-refractivity contribution is 5.56. The molecule has 0 saturated carbocycles. The highest BCUT2D eigenvalue weighted by atomic mass is 15.1. The van der Waals surface area contributed by atoms with Crippen LogP contribution in [-0.4, -0.2) is 19.6 Å². The van der Waals surface area contributed by atoms with E-state index in [-0.39, 0.29) is 0 Å². The normalized spacial score (nSPS) is 16.3. The number of anilines is 1. The Balaban J connectivity index is 1.91. The molecule has 0 radical (unpaired) electrons. The van der Waals surface area contributed by atoms with Crippen molar-refractivity contribution >= 4 is 5.69 Å². The van der Waals surface area contributed by atoms with Gasteiger partial charge in [0, 0.05) is 31.9 Å². The minimum Gasteiger partial charge on any atom is -0.374 e. The Bertz CT molecular complexity index is 400. The van der Waals surface area contributed by atoms with Crippen LogP contribution in [0.15, 0.2) is 18.2 Å². The second-order valence-electron chi connectivity index (χ2n) is 5.91. The molecule has 1 N–H and O–H groups in total. The van der Waals surface area contributed by atoms with Gasteiger partial charge in [-0.15, -0.1) is 0 Å². The molecule has 1 aliphatic heterocycles. The van der Waals surface area contributed by atoms with Crippen molar-refractivity contribution in [3.8, 4) is 0 Å². The number of hydrogen-bond acceptors (Lipinski definition) is 2. The molecule has 2 heteroatoms. The first kappa shape index (κ1) is 14.4. The van der Waals surface area contributed by atoms with E-state index in [1.165, 1.54) is 55.5 Å². The first-order valence-electron chi connectivity index (χ1n) is 7.77. The molecule has 0 bridgehead atoms. The van der Waals surface area contributed by atoms with Crippen LogP contribution in [-0.2, 0) is 13.0 Å². The van der Waals surface area contributed by atoms with Gasteiger partial charge >= 0.3 is 0 Å². The molecule has 1 unspecified atom stereocenters. The van der Waals surface area contributed by atoms with Gasteiger partial charge in [0.1, 0.15) is 0 Å². The molecule has 0 saturated heterocycles. The van der Waals surface area contributed by atoms with Crippen LogP contribution in [0.5, 0.6) is 0 Å². The SMILES string of the molecule is CCCCC(C)NCc1ccc2c(c1)CCCN2C. The lowest BCUT2D eigenvalue weighted by Gasteiger charge is -2.28. The number of fused-ring (bicyclic) bond motifs is 1. The summed E-state index contributed by atoms with van der Waals surface area (Å²) in [5, 5.41) is 3.64. The quantitative estimate of drug-likeness (QED) is 0.838. The molecule has 1 heterocycles. The number of hydrogen-bond donors (Lipinski definition) is 1. The monoisotopic (exact) mass is 260 g/mol. The van der Waals surface area contributed by atoms with Gasteiger partial charge in [0.25, 0.3) is 0 Å². The molecule has 2 rings (SSSR count). The Labute approximate surface area is 118 Å². The van der Waals surface area contributed by atoms with Gasteiger partial charge in [-0.2, -0.15) is 0 Å². The fourth-order valence-electron chi connectivity index (χ4n) is 2.85. The predicted molar refractivity (Wildman–Crippen MR) is 83.9 cm³/mol. The lowest BCUT2D eigenvalue weighted by molar-refractivity contribution is 0.495. The van der Waals surface area contributed by atoms with E-state index in [9.17, 15) is 0 Å². The third kappa shape index (κ3) is 3.97. The molecular weight excluding hydrogens is 232 g/mol. The van der Waals surface area contributed by atoms with E-state index in [1.54, 1.807) is 0 Å². The molecule has 19 heavy (non-hydrogen) atoms. The van der Waals surface area contributed by atoms with Crippen LogP contribution in [0, 0.1) is 0 Å². The first-order valence-corrected chi connectivity index (χ1v) is 7.77. The molecule has 1 aromatic rings. The predicted octanol–water partition coefficient (Wildman–Crippen LogP) is 3.74. The number of nitrogens with zero attached hydrogens (tertiary/aromatic N) is 1. The fourth-order valence-corrected chi connectivity index (χ4v) is 2.85. The zero-order valence-electron chi connectivity index (χ0n) is 12.7. The summed E-state index contributed by atoms with van der Waals surface area (Å²) in [5.41, 5.74) is 4.38. The van der Waals surface area contributed by atoms with E-state index in [2.05, 4.69) is 49.3 Å². The van der Waals surface area contributed by atoms with E-state index in [0.717, 1.165) is 6.54 Å². The summed E-state index contributed by atoms with van der Waals surface area (Å²) in [7, 11) is 2.20. The first-order chi connectivity index (χ1) is 9.20. The van der Waals surface area contributed by atoms with E-state index < -0.39 is 0 Å². The zero-order valence-corrected chi connectivity index (χ0v) is 12.7. The second kappa shape index (κ2) is 6.95. The van der Waals surface area contributed by atoms with Crippen LogP contribution in [0.1, 0.15) is 50.7 Å². The van der Waals surface area contributed by atoms with Crippen molar-refractivity contribution in [1.29, 1.82) is 0 Å². The Hall–Kier alpha value is -1.02. The highest BCUT2D eigenvalue weighted by Crippen LogP contribution is 2.26. The summed E-state index contributed by atoms with van der Waals surface area (Å²) in [6.07, 6.45) is 6.41. The van der Waals surface area contributed by atoms with Crippen LogP contribution in [0.25, 0.3) is 0 Å². The number of nitrogens with one attached hydrogen (secondary N) is 1. The Kier molecular flexibility index (Phi) is 5.26. The van der Waals surface area contributed by atoms with E-state index in [4.69, 9.17) is 0 Å². The van der Waals surface area contributed by atoms with Crippen LogP contribution >= 0.6 is 0 Å². The van der Waals surface area contributed by atoms with Crippen LogP contribution in [0.3, 0.4) is 0 Å². The van der Waals surface area contributed by atoms with Gasteiger partial charge in [-0.05, 0) is 43.4 Å². The lowest BCUT2D eigenvalue weighted by Crippen LogP contribution is -2.26. The maximum atomic E-state index is 3.64. The molecule has 0 fully saturated rings. The zero-order chi connectivity index (χ0) is 13.7. The standard InChI is InChI=1S/C17H28N2/c1-4-5-7-14(2)18-13-15-9-10-17-16(12-15)8-6-11-19(17)3/h9-10,12,14,18H,4-8,11,13H2,1-3H3. The van der Waals surface area contributed by atoms with Gasteiger partial charge in [0.15, 0.2) is 0 Å². The van der Waals surface area contributed by atoms with Crippen molar-refractivity contribution in [2.75, 3.05) is 18.5 Å². The molecule has 1 aliphatic rings. The summed E-state index contributed by atoms with van der Waals surface area (Å²) in [6, 6.07) is 7.59. The van der Waals surface area contributed by atoms with Crippen molar-refractivity contribution in [2.24, 2.45) is 0 Å². The van der Waals surface area contributed by atoms with Gasteiger partial charge in [0.05, 0.1) is 0 Å². The van der Waals surface area contributed by atoms with Crippen LogP contribution < -0.4 is 10.2 Å². The number of rotatable bonds is 6. The van der Waals surface area contributed by atoms with Gasteiger partial charge < -0.3 is 10.2 Å². The van der Waals surface area contributed by atoms with Gasteiger partial charge in [-0.25, -0.2) is 0 Å². The maximum Gasteiger partial charge on any atom is 0.0396 e. The lowest BCUT2D eigenvalue weighted by atomic mass is 9.99. The van der Waals surface area contributed by atoms with Crippen molar-refractivity contribution in [1.82, 2.24) is 5.32 Å². The van der Waals surface area contributed by atoms with Crippen molar-refractivity contribution < 1.29 is 0 Å². The minimum atomic E-state index is 0.624. The summed E-state index contributed by atoms with van der Waals surface area (Å²) >= 11 is 0. The highest BCUT2D eigenvalue weighted by Gasteiger charge is 2.13. The average Bonchev–Trinajstić information content (AvgIpc) is 2.43. The molecule has 2 nitrogen and oxygen atoms in total. The van der Waals surface area contributed by atoms with E-state index >= 15 is 0 Å². The topological polar surface area (TPSA) is 15.3 Å². The van der Waals surface area contributed by atoms with Crippen molar-refractivity contribution in [2.45, 2.75) is 58.5 Å². The molecule has 0 aromatic heterocycles. The maximum absolute atomic E-state index is 3.64. The molecule has 1 aromatic carbocycles.